The largest absolute Gasteiger partial charge is 0.415 e. The summed E-state index contributed by atoms with van der Waals surface area (Å²) in [5, 5.41) is 0. The van der Waals surface area contributed by atoms with Gasteiger partial charge in [-0.15, -0.1) is 0 Å². The number of amides is 1. The summed E-state index contributed by atoms with van der Waals surface area (Å²) in [6.07, 6.45) is -0.479. The number of rotatable bonds is 6. The van der Waals surface area contributed by atoms with Gasteiger partial charge in [-0.05, 0) is 18.2 Å². The number of ether oxygens (including phenoxy) is 2. The van der Waals surface area contributed by atoms with Crippen molar-refractivity contribution < 1.29 is 18.7 Å². The van der Waals surface area contributed by atoms with Crippen LogP contribution in [0.5, 0.6) is 5.75 Å². The maximum absolute atomic E-state index is 14.0. The lowest BCUT2D eigenvalue weighted by atomic mass is 10.2. The van der Waals surface area contributed by atoms with Crippen molar-refractivity contribution in [2.45, 2.75) is 6.54 Å². The number of hydrogen-bond donors (Lipinski definition) is 0. The first-order valence-corrected chi connectivity index (χ1v) is 8.78. The van der Waals surface area contributed by atoms with Crippen LogP contribution in [0.15, 0.2) is 54.6 Å². The molecule has 0 N–H and O–H groups in total. The van der Waals surface area contributed by atoms with Gasteiger partial charge in [-0.2, -0.15) is 0 Å². The molecule has 1 amide bonds. The molecule has 0 spiro atoms. The smallest absolute Gasteiger partial charge is 0.410 e. The van der Waals surface area contributed by atoms with Crippen LogP contribution in [0.4, 0.5) is 9.18 Å². The molecule has 0 atom stereocenters. The Morgan fingerprint density at radius 3 is 2.50 bits per heavy atom. The van der Waals surface area contributed by atoms with Crippen molar-refractivity contribution in [3.05, 3.63) is 66.0 Å². The third kappa shape index (κ3) is 5.28. The lowest BCUT2D eigenvalue weighted by Gasteiger charge is -2.29. The summed E-state index contributed by atoms with van der Waals surface area (Å²) in [6, 6.07) is 15.4. The molecule has 2 aromatic carbocycles. The Kier molecular flexibility index (Phi) is 6.57. The molecule has 0 radical (unpaired) electrons. The molecule has 1 fully saturated rings. The van der Waals surface area contributed by atoms with E-state index >= 15 is 0 Å². The van der Waals surface area contributed by atoms with E-state index < -0.39 is 6.09 Å². The van der Waals surface area contributed by atoms with Crippen LogP contribution in [0.25, 0.3) is 0 Å². The topological polar surface area (TPSA) is 42.0 Å². The standard InChI is InChI=1S/C20H23FN2O3/c21-19-9-5-4-6-17(19)16-23(11-10-22-12-14-25-15-13-22)20(24)26-18-7-2-1-3-8-18/h1-9H,10-16H2. The van der Waals surface area contributed by atoms with Crippen LogP contribution in [0, 0.1) is 5.82 Å². The van der Waals surface area contributed by atoms with E-state index in [1.807, 2.05) is 6.07 Å². The molecular formula is C20H23FN2O3. The lowest BCUT2D eigenvalue weighted by molar-refractivity contribution is 0.0335. The van der Waals surface area contributed by atoms with Gasteiger partial charge in [-0.1, -0.05) is 36.4 Å². The fourth-order valence-electron chi connectivity index (χ4n) is 2.81. The number of carbonyl (C=O) groups excluding carboxylic acids is 1. The zero-order chi connectivity index (χ0) is 18.2. The molecule has 1 aliphatic heterocycles. The van der Waals surface area contributed by atoms with E-state index in [0.29, 0.717) is 37.6 Å². The highest BCUT2D eigenvalue weighted by Crippen LogP contribution is 2.14. The molecule has 5 nitrogen and oxygen atoms in total. The van der Waals surface area contributed by atoms with Crippen LogP contribution in [0.3, 0.4) is 0 Å². The molecule has 0 unspecified atom stereocenters. The average molecular weight is 358 g/mol. The van der Waals surface area contributed by atoms with Gasteiger partial charge >= 0.3 is 6.09 Å². The summed E-state index contributed by atoms with van der Waals surface area (Å²) in [5.41, 5.74) is 0.472. The number of nitrogens with zero attached hydrogens (tertiary/aromatic N) is 2. The zero-order valence-electron chi connectivity index (χ0n) is 14.6. The van der Waals surface area contributed by atoms with Crippen LogP contribution >= 0.6 is 0 Å². The summed E-state index contributed by atoms with van der Waals surface area (Å²) in [5.74, 6) is 0.152. The highest BCUT2D eigenvalue weighted by Gasteiger charge is 2.20. The highest BCUT2D eigenvalue weighted by atomic mass is 19.1. The number of morpholine rings is 1. The summed E-state index contributed by atoms with van der Waals surface area (Å²) in [6.45, 7) is 4.39. The maximum atomic E-state index is 14.0. The maximum Gasteiger partial charge on any atom is 0.415 e. The van der Waals surface area contributed by atoms with Gasteiger partial charge < -0.3 is 14.4 Å². The number of halogens is 1. The van der Waals surface area contributed by atoms with E-state index in [2.05, 4.69) is 4.90 Å². The van der Waals surface area contributed by atoms with Crippen LogP contribution < -0.4 is 4.74 Å². The van der Waals surface area contributed by atoms with Gasteiger partial charge in [0.05, 0.1) is 19.8 Å². The van der Waals surface area contributed by atoms with Crippen molar-refractivity contribution in [2.24, 2.45) is 0 Å². The summed E-state index contributed by atoms with van der Waals surface area (Å²) in [4.78, 5) is 16.4. The van der Waals surface area contributed by atoms with Gasteiger partial charge in [0.25, 0.3) is 0 Å². The van der Waals surface area contributed by atoms with E-state index in [1.165, 1.54) is 6.07 Å². The Morgan fingerprint density at radius 2 is 1.77 bits per heavy atom. The number of carbonyl (C=O) groups is 1. The molecule has 1 saturated heterocycles. The van der Waals surface area contributed by atoms with Gasteiger partial charge in [0, 0.05) is 31.7 Å². The second kappa shape index (κ2) is 9.31. The normalized spacial score (nSPS) is 14.8. The van der Waals surface area contributed by atoms with Gasteiger partial charge in [0.1, 0.15) is 11.6 Å². The quantitative estimate of drug-likeness (QED) is 0.796. The molecule has 0 saturated carbocycles. The molecule has 3 rings (SSSR count). The molecule has 1 heterocycles. The third-order valence-electron chi connectivity index (χ3n) is 4.32. The summed E-state index contributed by atoms with van der Waals surface area (Å²) >= 11 is 0. The second-order valence-electron chi connectivity index (χ2n) is 6.15. The third-order valence-corrected chi connectivity index (χ3v) is 4.32. The average Bonchev–Trinajstić information content (AvgIpc) is 2.68. The van der Waals surface area contributed by atoms with Gasteiger partial charge in [-0.3, -0.25) is 4.90 Å². The molecule has 0 aromatic heterocycles. The van der Waals surface area contributed by atoms with Crippen molar-refractivity contribution in [2.75, 3.05) is 39.4 Å². The molecule has 6 heteroatoms. The van der Waals surface area contributed by atoms with Gasteiger partial charge in [0.15, 0.2) is 0 Å². The van der Waals surface area contributed by atoms with E-state index in [0.717, 1.165) is 13.1 Å². The first-order chi connectivity index (χ1) is 12.7. The minimum atomic E-state index is -0.479. The van der Waals surface area contributed by atoms with Gasteiger partial charge in [0.2, 0.25) is 0 Å². The van der Waals surface area contributed by atoms with Crippen molar-refractivity contribution >= 4 is 6.09 Å². The Balaban J connectivity index is 1.67. The van der Waals surface area contributed by atoms with E-state index in [4.69, 9.17) is 9.47 Å². The Bertz CT molecular complexity index is 705. The van der Waals surface area contributed by atoms with Crippen molar-refractivity contribution in [3.8, 4) is 5.75 Å². The number of benzene rings is 2. The van der Waals surface area contributed by atoms with E-state index in [9.17, 15) is 9.18 Å². The zero-order valence-corrected chi connectivity index (χ0v) is 14.6. The highest BCUT2D eigenvalue weighted by molar-refractivity contribution is 5.70. The summed E-state index contributed by atoms with van der Waals surface area (Å²) in [7, 11) is 0. The van der Waals surface area contributed by atoms with Crippen LogP contribution in [-0.2, 0) is 11.3 Å². The van der Waals surface area contributed by atoms with Crippen molar-refractivity contribution in [3.63, 3.8) is 0 Å². The Hall–Kier alpha value is -2.44. The predicted molar refractivity (Wildman–Crippen MR) is 96.5 cm³/mol. The van der Waals surface area contributed by atoms with Crippen LogP contribution in [0.2, 0.25) is 0 Å². The van der Waals surface area contributed by atoms with E-state index in [-0.39, 0.29) is 12.4 Å². The van der Waals surface area contributed by atoms with Crippen molar-refractivity contribution in [1.29, 1.82) is 0 Å². The molecule has 138 valence electrons. The lowest BCUT2D eigenvalue weighted by Crippen LogP contribution is -2.43. The first-order valence-electron chi connectivity index (χ1n) is 8.78. The number of para-hydroxylation sites is 1. The van der Waals surface area contributed by atoms with E-state index in [1.54, 1.807) is 47.4 Å². The molecule has 2 aromatic rings. The fourth-order valence-corrected chi connectivity index (χ4v) is 2.81. The Labute approximate surface area is 152 Å². The fraction of sp³-hybridized carbons (Fsp3) is 0.350. The SMILES string of the molecule is O=C(Oc1ccccc1)N(CCN1CCOCC1)Cc1ccccc1F. The molecule has 26 heavy (non-hydrogen) atoms. The predicted octanol–water partition coefficient (Wildman–Crippen LogP) is 3.16. The van der Waals surface area contributed by atoms with Crippen LogP contribution in [0.1, 0.15) is 5.56 Å². The minimum Gasteiger partial charge on any atom is -0.410 e. The number of hydrogen-bond acceptors (Lipinski definition) is 4. The molecule has 0 bridgehead atoms. The van der Waals surface area contributed by atoms with Crippen molar-refractivity contribution in [1.82, 2.24) is 9.80 Å². The second-order valence-corrected chi connectivity index (χ2v) is 6.15. The molecule has 1 aliphatic rings. The summed E-state index contributed by atoms with van der Waals surface area (Å²) < 4.78 is 24.8. The first kappa shape index (κ1) is 18.4. The Morgan fingerprint density at radius 1 is 1.08 bits per heavy atom. The van der Waals surface area contributed by atoms with Gasteiger partial charge in [-0.25, -0.2) is 9.18 Å². The molecule has 0 aliphatic carbocycles. The van der Waals surface area contributed by atoms with Crippen LogP contribution in [-0.4, -0.2) is 55.3 Å². The minimum absolute atomic E-state index is 0.169. The monoisotopic (exact) mass is 358 g/mol. The molecular weight excluding hydrogens is 335 g/mol.